The van der Waals surface area contributed by atoms with Crippen molar-refractivity contribution in [2.45, 2.75) is 161 Å². The Kier molecular flexibility index (Phi) is 26.9. The molecular formula is C33H60N2O5. The van der Waals surface area contributed by atoms with Crippen molar-refractivity contribution >= 4 is 17.8 Å². The number of hydrogen-bond acceptors (Lipinski definition) is 5. The predicted molar refractivity (Wildman–Crippen MR) is 165 cm³/mol. The maximum absolute atomic E-state index is 12.5. The van der Waals surface area contributed by atoms with Gasteiger partial charge in [-0.15, -0.1) is 0 Å². The number of carboxylic acid groups (broad SMARTS) is 1. The van der Waals surface area contributed by atoms with Gasteiger partial charge in [0.15, 0.2) is 0 Å². The Labute approximate surface area is 244 Å². The monoisotopic (exact) mass is 564 g/mol. The Morgan fingerprint density at radius 2 is 1.38 bits per heavy atom. The summed E-state index contributed by atoms with van der Waals surface area (Å²) in [6, 6.07) is -0.870. The molecule has 0 aromatic rings. The highest BCUT2D eigenvalue weighted by atomic mass is 16.5. The molecule has 0 fully saturated rings. The van der Waals surface area contributed by atoms with Gasteiger partial charge >= 0.3 is 11.9 Å². The first-order valence-corrected chi connectivity index (χ1v) is 16.2. The number of nitrogens with two attached hydrogens (primary N) is 1. The molecular weight excluding hydrogens is 504 g/mol. The first kappa shape index (κ1) is 37.9. The fourth-order valence-corrected chi connectivity index (χ4v) is 4.51. The van der Waals surface area contributed by atoms with Gasteiger partial charge in [0.2, 0.25) is 5.91 Å². The van der Waals surface area contributed by atoms with Gasteiger partial charge in [-0.25, -0.2) is 4.79 Å². The zero-order chi connectivity index (χ0) is 29.7. The molecule has 0 aliphatic heterocycles. The summed E-state index contributed by atoms with van der Waals surface area (Å²) in [5, 5.41) is 11.8. The third-order valence-corrected chi connectivity index (χ3v) is 7.00. The molecule has 232 valence electrons. The number of allylic oxidation sites excluding steroid dienone is 3. The van der Waals surface area contributed by atoms with Crippen LogP contribution in [-0.4, -0.2) is 41.6 Å². The summed E-state index contributed by atoms with van der Waals surface area (Å²) in [4.78, 5) is 35.9. The number of carboxylic acids is 1. The second-order valence-corrected chi connectivity index (χ2v) is 10.9. The maximum atomic E-state index is 12.5. The molecule has 0 aliphatic rings. The molecule has 0 bridgehead atoms. The van der Waals surface area contributed by atoms with E-state index in [-0.39, 0.29) is 18.0 Å². The fourth-order valence-electron chi connectivity index (χ4n) is 4.51. The second-order valence-electron chi connectivity index (χ2n) is 10.9. The number of carbonyl (C=O) groups is 3. The van der Waals surface area contributed by atoms with E-state index in [0.717, 1.165) is 51.4 Å². The predicted octanol–water partition coefficient (Wildman–Crippen LogP) is 7.77. The highest BCUT2D eigenvalue weighted by molar-refractivity contribution is 5.83. The van der Waals surface area contributed by atoms with Gasteiger partial charge in [0.05, 0.1) is 0 Å². The third-order valence-electron chi connectivity index (χ3n) is 7.00. The molecule has 4 N–H and O–H groups in total. The van der Waals surface area contributed by atoms with Crippen LogP contribution in [0.5, 0.6) is 0 Å². The molecule has 0 spiro atoms. The van der Waals surface area contributed by atoms with Crippen molar-refractivity contribution in [1.29, 1.82) is 0 Å². The van der Waals surface area contributed by atoms with Crippen LogP contribution in [0.4, 0.5) is 0 Å². The lowest BCUT2D eigenvalue weighted by Gasteiger charge is -2.15. The first-order chi connectivity index (χ1) is 19.4. The van der Waals surface area contributed by atoms with Crippen molar-refractivity contribution in [1.82, 2.24) is 5.32 Å². The number of unbranched alkanes of at least 4 members (excludes halogenated alkanes) is 12. The number of esters is 1. The van der Waals surface area contributed by atoms with Crippen molar-refractivity contribution < 1.29 is 24.2 Å². The number of carbonyl (C=O) groups excluding carboxylic acids is 2. The van der Waals surface area contributed by atoms with Crippen LogP contribution < -0.4 is 11.1 Å². The highest BCUT2D eigenvalue weighted by Crippen LogP contribution is 2.14. The van der Waals surface area contributed by atoms with Crippen LogP contribution in [0.3, 0.4) is 0 Å². The Morgan fingerprint density at radius 1 is 0.750 bits per heavy atom. The molecule has 0 heterocycles. The lowest BCUT2D eigenvalue weighted by molar-refractivity contribution is -0.147. The van der Waals surface area contributed by atoms with Gasteiger partial charge in [0.25, 0.3) is 0 Å². The molecule has 0 aliphatic carbocycles. The standard InChI is InChI=1S/C33H60N2O5/c1-3-5-7-9-11-13-14-18-23-29(40-32(37)27-21-15-12-10-8-6-4-2)24-19-16-17-20-26-31(36)35-30(33(38)39)25-22-28-34/h11,13,18,23,29-30H,3-10,12,14-17,19-22,24-28,34H2,1-2H3,(H,35,36)(H,38,39)/b13-11-,23-18-. The first-order valence-electron chi connectivity index (χ1n) is 16.2. The van der Waals surface area contributed by atoms with E-state index < -0.39 is 12.0 Å². The molecule has 0 saturated carbocycles. The number of aliphatic carboxylic acids is 1. The quantitative estimate of drug-likeness (QED) is 0.0507. The average Bonchev–Trinajstić information content (AvgIpc) is 2.93. The molecule has 0 saturated heterocycles. The topological polar surface area (TPSA) is 119 Å². The highest BCUT2D eigenvalue weighted by Gasteiger charge is 2.18. The van der Waals surface area contributed by atoms with E-state index in [0.29, 0.717) is 38.6 Å². The minimum Gasteiger partial charge on any atom is -0.480 e. The summed E-state index contributed by atoms with van der Waals surface area (Å²) >= 11 is 0. The van der Waals surface area contributed by atoms with E-state index in [4.69, 9.17) is 10.5 Å². The number of hydrogen-bond donors (Lipinski definition) is 3. The summed E-state index contributed by atoms with van der Waals surface area (Å²) < 4.78 is 5.82. The lowest BCUT2D eigenvalue weighted by atomic mass is 10.1. The van der Waals surface area contributed by atoms with Crippen molar-refractivity contribution in [3.8, 4) is 0 Å². The van der Waals surface area contributed by atoms with Crippen LogP contribution in [0.1, 0.15) is 149 Å². The summed E-state index contributed by atoms with van der Waals surface area (Å²) in [5.41, 5.74) is 5.45. The van der Waals surface area contributed by atoms with Crippen LogP contribution in [0.2, 0.25) is 0 Å². The fraction of sp³-hybridized carbons (Fsp3) is 0.788. The van der Waals surface area contributed by atoms with Gasteiger partial charge in [0, 0.05) is 12.8 Å². The van der Waals surface area contributed by atoms with Crippen LogP contribution in [0.15, 0.2) is 24.3 Å². The molecule has 7 heteroatoms. The zero-order valence-corrected chi connectivity index (χ0v) is 25.7. The maximum Gasteiger partial charge on any atom is 0.326 e. The Hall–Kier alpha value is -2.15. The van der Waals surface area contributed by atoms with E-state index in [1.165, 1.54) is 51.4 Å². The third kappa shape index (κ3) is 24.9. The van der Waals surface area contributed by atoms with Crippen LogP contribution in [-0.2, 0) is 19.1 Å². The summed E-state index contributed by atoms with van der Waals surface area (Å²) in [7, 11) is 0. The average molecular weight is 565 g/mol. The van der Waals surface area contributed by atoms with Gasteiger partial charge < -0.3 is 20.9 Å². The minimum absolute atomic E-state index is 0.113. The Bertz CT molecular complexity index is 692. The van der Waals surface area contributed by atoms with Crippen molar-refractivity contribution in [3.05, 3.63) is 24.3 Å². The Balaban J connectivity index is 4.44. The number of amides is 1. The molecule has 7 nitrogen and oxygen atoms in total. The molecule has 0 radical (unpaired) electrons. The van der Waals surface area contributed by atoms with Crippen LogP contribution >= 0.6 is 0 Å². The van der Waals surface area contributed by atoms with Gasteiger partial charge in [-0.3, -0.25) is 9.59 Å². The van der Waals surface area contributed by atoms with Crippen molar-refractivity contribution in [2.24, 2.45) is 5.73 Å². The van der Waals surface area contributed by atoms with Crippen molar-refractivity contribution in [3.63, 3.8) is 0 Å². The Morgan fingerprint density at radius 3 is 2.05 bits per heavy atom. The lowest BCUT2D eigenvalue weighted by Crippen LogP contribution is -2.40. The minimum atomic E-state index is -1.02. The summed E-state index contributed by atoms with van der Waals surface area (Å²) in [6.45, 7) is 4.83. The normalized spacial score (nSPS) is 13.1. The van der Waals surface area contributed by atoms with Gasteiger partial charge in [-0.1, -0.05) is 96.3 Å². The van der Waals surface area contributed by atoms with Gasteiger partial charge in [-0.2, -0.15) is 0 Å². The van der Waals surface area contributed by atoms with Gasteiger partial charge in [-0.05, 0) is 70.4 Å². The molecule has 2 unspecified atom stereocenters. The number of ether oxygens (including phenoxy) is 1. The van der Waals surface area contributed by atoms with Crippen LogP contribution in [0.25, 0.3) is 0 Å². The molecule has 40 heavy (non-hydrogen) atoms. The molecule has 2 atom stereocenters. The van der Waals surface area contributed by atoms with Crippen LogP contribution in [0, 0.1) is 0 Å². The van der Waals surface area contributed by atoms with E-state index in [9.17, 15) is 19.5 Å². The van der Waals surface area contributed by atoms with E-state index in [2.05, 4.69) is 37.4 Å². The van der Waals surface area contributed by atoms with E-state index in [1.807, 2.05) is 6.08 Å². The van der Waals surface area contributed by atoms with Crippen molar-refractivity contribution in [2.75, 3.05) is 6.54 Å². The van der Waals surface area contributed by atoms with Gasteiger partial charge in [0.1, 0.15) is 12.1 Å². The molecule has 1 amide bonds. The summed E-state index contributed by atoms with van der Waals surface area (Å²) in [6.07, 6.45) is 28.1. The smallest absolute Gasteiger partial charge is 0.326 e. The largest absolute Gasteiger partial charge is 0.480 e. The SMILES string of the molecule is CCCCC/C=C\C/C=C\C(CCCCCCC(=O)NC(CCCN)C(=O)O)OC(=O)CCCCCCCCC. The number of rotatable bonds is 28. The zero-order valence-electron chi connectivity index (χ0n) is 25.7. The molecule has 0 aromatic carbocycles. The van der Waals surface area contributed by atoms with E-state index >= 15 is 0 Å². The number of nitrogens with one attached hydrogen (secondary N) is 1. The van der Waals surface area contributed by atoms with E-state index in [1.54, 1.807) is 0 Å². The second kappa shape index (κ2) is 28.4. The molecule has 0 rings (SSSR count). The summed E-state index contributed by atoms with van der Waals surface area (Å²) in [5.74, 6) is -1.36. The molecule has 0 aromatic heterocycles.